The fraction of sp³-hybridized carbons (Fsp3) is 0.590. The van der Waals surface area contributed by atoms with Crippen molar-refractivity contribution in [1.29, 1.82) is 0 Å². The zero-order valence-corrected chi connectivity index (χ0v) is 33.6. The van der Waals surface area contributed by atoms with E-state index >= 15 is 0 Å². The van der Waals surface area contributed by atoms with Gasteiger partial charge in [0, 0.05) is 18.9 Å². The molecule has 1 aliphatic carbocycles. The molecule has 0 bridgehead atoms. The van der Waals surface area contributed by atoms with E-state index in [1.807, 2.05) is 0 Å². The number of aromatic hydroxyl groups is 2. The molecule has 0 aromatic heterocycles. The van der Waals surface area contributed by atoms with Crippen LogP contribution in [0.4, 0.5) is 0 Å². The Bertz CT molecular complexity index is 1920. The molecular weight excluding hydrogens is 820 g/mol. The summed E-state index contributed by atoms with van der Waals surface area (Å²) >= 11 is 0. The summed E-state index contributed by atoms with van der Waals surface area (Å²) in [6, 6.07) is 3.79. The lowest BCUT2D eigenvalue weighted by Gasteiger charge is -2.44. The maximum atomic E-state index is 13.5. The number of fused-ring (bicyclic) bond motifs is 1. The highest BCUT2D eigenvalue weighted by molar-refractivity contribution is 5.90. The van der Waals surface area contributed by atoms with Gasteiger partial charge in [0.05, 0.1) is 42.8 Å². The van der Waals surface area contributed by atoms with Crippen LogP contribution in [-0.4, -0.2) is 159 Å². The highest BCUT2D eigenvalue weighted by Gasteiger charge is 2.68. The zero-order chi connectivity index (χ0) is 45.3. The largest absolute Gasteiger partial charge is 0.504 e. The highest BCUT2D eigenvalue weighted by atomic mass is 16.8. The smallest absolute Gasteiger partial charge is 0.348 e. The number of aliphatic hydroxyl groups excluding tert-OH is 4. The van der Waals surface area contributed by atoms with Crippen molar-refractivity contribution in [2.45, 2.75) is 102 Å². The Hall–Kier alpha value is -5.36. The van der Waals surface area contributed by atoms with Crippen molar-refractivity contribution in [3.05, 3.63) is 41.7 Å². The Morgan fingerprint density at radius 2 is 1.61 bits per heavy atom. The van der Waals surface area contributed by atoms with Crippen molar-refractivity contribution in [3.63, 3.8) is 0 Å². The Labute approximate surface area is 347 Å². The molecule has 0 amide bonds. The molecular formula is C39H48O22. The second-order valence-corrected chi connectivity index (χ2v) is 15.6. The van der Waals surface area contributed by atoms with Gasteiger partial charge in [0.2, 0.25) is 12.4 Å². The number of phenols is 2. The molecule has 1 saturated carbocycles. The third-order valence-electron chi connectivity index (χ3n) is 11.0. The molecule has 1 aromatic carbocycles. The molecule has 3 heterocycles. The molecule has 0 spiro atoms. The number of hydrogen-bond acceptors (Lipinski definition) is 22. The summed E-state index contributed by atoms with van der Waals surface area (Å²) in [6.07, 6.45) is -14.0. The highest BCUT2D eigenvalue weighted by Crippen LogP contribution is 2.52. The van der Waals surface area contributed by atoms with Gasteiger partial charge in [-0.3, -0.25) is 9.59 Å². The SMILES string of the molecule is COC(=O)C1=CO[C@@H](O[C@@H]2O[C@H](CO)[C@@H](O)[C@H](O)[C@H]2O)[C@H]2[C@@H]1[C@H](OC(=O)COC(=O)[C@H]1OC(=O)C(C)C(OC(=O)/C=C/c3ccc(O)c(O)c3)C1(C)C)[C@@H](OC(C)=O)[C@@]2(C)O. The van der Waals surface area contributed by atoms with Gasteiger partial charge in [0.1, 0.15) is 42.2 Å². The van der Waals surface area contributed by atoms with E-state index in [0.717, 1.165) is 33.3 Å². The maximum Gasteiger partial charge on any atom is 0.348 e. The van der Waals surface area contributed by atoms with Crippen LogP contribution in [0, 0.1) is 23.2 Å². The van der Waals surface area contributed by atoms with Gasteiger partial charge in [-0.15, -0.1) is 0 Å². The lowest BCUT2D eigenvalue weighted by Crippen LogP contribution is -2.61. The number of hydrogen-bond donors (Lipinski definition) is 7. The van der Waals surface area contributed by atoms with E-state index in [0.29, 0.717) is 5.56 Å². The standard InChI is InChI=1S/C39H48O22/c1-15-30(59-22(44)10-8-17-7-9-19(42)20(43)11-17)38(3,4)32(60-33(15)49)35(51)54-14-23(45)58-29-24-18(34(50)53-6)13-55-36(25(24)39(5,52)31(29)56-16(2)41)61-37-28(48)27(47)26(46)21(12-40)57-37/h7-11,13,15,21,24-32,36-37,40,42-43,46-48,52H,12,14H2,1-6H3/b10-8+/t15?,21-,24-,25-,26-,27+,28-,29+,30?,31-,32-,36+,37+,39+/m1/s1. The Morgan fingerprint density at radius 1 is 0.918 bits per heavy atom. The van der Waals surface area contributed by atoms with Crippen molar-refractivity contribution in [1.82, 2.24) is 0 Å². The number of phenolic OH excluding ortho intramolecular Hbond substituents is 2. The van der Waals surface area contributed by atoms with Crippen LogP contribution in [0.2, 0.25) is 0 Å². The van der Waals surface area contributed by atoms with Crippen molar-refractivity contribution < 1.29 is 107 Å². The van der Waals surface area contributed by atoms with Gasteiger partial charge in [-0.2, -0.15) is 0 Å². The molecule has 3 aliphatic heterocycles. The number of esters is 6. The van der Waals surface area contributed by atoms with Gasteiger partial charge in [0.15, 0.2) is 30.5 Å². The van der Waals surface area contributed by atoms with Crippen LogP contribution >= 0.6 is 0 Å². The lowest BCUT2D eigenvalue weighted by molar-refractivity contribution is -0.347. The van der Waals surface area contributed by atoms with Crippen LogP contribution in [-0.2, 0) is 71.4 Å². The second-order valence-electron chi connectivity index (χ2n) is 15.6. The molecule has 0 radical (unpaired) electrons. The molecule has 7 N–H and O–H groups in total. The third-order valence-corrected chi connectivity index (χ3v) is 11.0. The number of cyclic esters (lactones) is 1. The topological polar surface area (TPSA) is 327 Å². The van der Waals surface area contributed by atoms with Crippen molar-refractivity contribution in [2.24, 2.45) is 23.2 Å². The van der Waals surface area contributed by atoms with Crippen molar-refractivity contribution >= 4 is 41.9 Å². The zero-order valence-electron chi connectivity index (χ0n) is 33.6. The van der Waals surface area contributed by atoms with E-state index in [-0.39, 0.29) is 11.3 Å². The maximum absolute atomic E-state index is 13.5. The van der Waals surface area contributed by atoms with Crippen LogP contribution in [0.15, 0.2) is 36.1 Å². The number of aliphatic hydroxyl groups is 5. The average Bonchev–Trinajstić information content (AvgIpc) is 3.41. The van der Waals surface area contributed by atoms with Crippen LogP contribution in [0.3, 0.4) is 0 Å². The van der Waals surface area contributed by atoms with E-state index in [1.54, 1.807) is 0 Å². The molecule has 4 aliphatic rings. The van der Waals surface area contributed by atoms with Crippen molar-refractivity contribution in [2.75, 3.05) is 20.3 Å². The molecule has 22 nitrogen and oxygen atoms in total. The van der Waals surface area contributed by atoms with Crippen molar-refractivity contribution in [3.8, 4) is 11.5 Å². The third kappa shape index (κ3) is 9.44. The molecule has 2 saturated heterocycles. The molecule has 1 aromatic rings. The minimum atomic E-state index is -2.31. The molecule has 22 heteroatoms. The molecule has 14 atom stereocenters. The Morgan fingerprint density at radius 3 is 2.23 bits per heavy atom. The number of methoxy groups -OCH3 is 1. The average molecular weight is 869 g/mol. The van der Waals surface area contributed by atoms with Crippen LogP contribution in [0.1, 0.15) is 40.2 Å². The minimum absolute atomic E-state index is 0.322. The molecule has 3 fully saturated rings. The number of carbonyl (C=O) groups excluding carboxylic acids is 6. The molecule has 5 rings (SSSR count). The molecule has 2 unspecified atom stereocenters. The number of benzene rings is 1. The van der Waals surface area contributed by atoms with Crippen LogP contribution < -0.4 is 0 Å². The van der Waals surface area contributed by atoms with Gasteiger partial charge >= 0.3 is 35.8 Å². The first-order chi connectivity index (χ1) is 28.5. The first-order valence-electron chi connectivity index (χ1n) is 18.8. The predicted molar refractivity (Wildman–Crippen MR) is 195 cm³/mol. The first-order valence-corrected chi connectivity index (χ1v) is 18.8. The fourth-order valence-electron chi connectivity index (χ4n) is 7.89. The first kappa shape index (κ1) is 46.7. The van der Waals surface area contributed by atoms with Crippen LogP contribution in [0.5, 0.6) is 11.5 Å². The summed E-state index contributed by atoms with van der Waals surface area (Å²) in [6.45, 7) is 4.41. The number of rotatable bonds is 12. The van der Waals surface area contributed by atoms with E-state index in [9.17, 15) is 64.5 Å². The van der Waals surface area contributed by atoms with Gasteiger partial charge < -0.3 is 78.4 Å². The van der Waals surface area contributed by atoms with Gasteiger partial charge in [0.25, 0.3) is 0 Å². The monoisotopic (exact) mass is 868 g/mol. The van der Waals surface area contributed by atoms with Gasteiger partial charge in [-0.25, -0.2) is 19.2 Å². The summed E-state index contributed by atoms with van der Waals surface area (Å²) in [5, 5.41) is 72.0. The van der Waals surface area contributed by atoms with Crippen LogP contribution in [0.25, 0.3) is 6.08 Å². The summed E-state index contributed by atoms with van der Waals surface area (Å²) in [7, 11) is 1.01. The van der Waals surface area contributed by atoms with E-state index < -0.39 is 145 Å². The molecule has 336 valence electrons. The predicted octanol–water partition coefficient (Wildman–Crippen LogP) is -1.78. The number of ether oxygens (including phenoxy) is 9. The molecule has 61 heavy (non-hydrogen) atoms. The minimum Gasteiger partial charge on any atom is -0.504 e. The summed E-state index contributed by atoms with van der Waals surface area (Å²) in [5.41, 5.74) is -3.81. The van der Waals surface area contributed by atoms with E-state index in [4.69, 9.17) is 42.6 Å². The number of carbonyl (C=O) groups is 6. The fourth-order valence-corrected chi connectivity index (χ4v) is 7.89. The quantitative estimate of drug-likeness (QED) is 0.0529. The Kier molecular flexibility index (Phi) is 14.0. The summed E-state index contributed by atoms with van der Waals surface area (Å²) in [4.78, 5) is 78.1. The summed E-state index contributed by atoms with van der Waals surface area (Å²) < 4.78 is 48.9. The van der Waals surface area contributed by atoms with Gasteiger partial charge in [-0.1, -0.05) is 19.9 Å². The lowest BCUT2D eigenvalue weighted by atomic mass is 9.73. The Balaban J connectivity index is 1.34. The van der Waals surface area contributed by atoms with Gasteiger partial charge in [-0.05, 0) is 37.6 Å². The van der Waals surface area contributed by atoms with E-state index in [1.165, 1.54) is 45.0 Å². The second kappa shape index (κ2) is 18.3. The summed E-state index contributed by atoms with van der Waals surface area (Å²) in [5.74, 6) is -11.4. The van der Waals surface area contributed by atoms with E-state index in [2.05, 4.69) is 0 Å². The normalized spacial score (nSPS) is 35.4.